The second-order valence-electron chi connectivity index (χ2n) is 9.54. The molecule has 0 radical (unpaired) electrons. The van der Waals surface area contributed by atoms with Gasteiger partial charge in [0.05, 0.1) is 17.7 Å². The molecule has 1 saturated heterocycles. The standard InChI is InChI=1S/C22H30N2O4/c1-13(25)23-18-10-22(28)20-8-15-4-5-16(26)9-17(15)21(22,11-19(18)27)6-7-24(20)12-14-2-3-14/h4-5,9,14,18-20,26-28H,2-3,6-8,10-12H2,1H3,(H,23,25)/t18-,19+,20+,21+,22+/m0/s1. The first-order valence-corrected chi connectivity index (χ1v) is 10.6. The van der Waals surface area contributed by atoms with Crippen LogP contribution in [0.4, 0.5) is 0 Å². The summed E-state index contributed by atoms with van der Waals surface area (Å²) in [4.78, 5) is 14.1. The fourth-order valence-corrected chi connectivity index (χ4v) is 6.34. The van der Waals surface area contributed by atoms with Crippen LogP contribution < -0.4 is 5.32 Å². The lowest BCUT2D eigenvalue weighted by molar-refractivity contribution is -0.190. The quantitative estimate of drug-likeness (QED) is 0.623. The topological polar surface area (TPSA) is 93.0 Å². The molecule has 5 atom stereocenters. The molecule has 5 rings (SSSR count). The Kier molecular flexibility index (Phi) is 4.06. The zero-order chi connectivity index (χ0) is 19.7. The van der Waals surface area contributed by atoms with Crippen molar-refractivity contribution in [3.8, 4) is 5.75 Å². The summed E-state index contributed by atoms with van der Waals surface area (Å²) in [7, 11) is 0. The third kappa shape index (κ3) is 2.61. The molecule has 2 saturated carbocycles. The van der Waals surface area contributed by atoms with Crippen LogP contribution in [0.3, 0.4) is 0 Å². The van der Waals surface area contributed by atoms with Crippen LogP contribution in [0.2, 0.25) is 0 Å². The Labute approximate surface area is 165 Å². The number of aliphatic hydroxyl groups is 2. The first kappa shape index (κ1) is 18.4. The highest BCUT2D eigenvalue weighted by Crippen LogP contribution is 2.58. The lowest BCUT2D eigenvalue weighted by Crippen LogP contribution is -2.76. The summed E-state index contributed by atoms with van der Waals surface area (Å²) in [6.07, 6.45) is 4.06. The van der Waals surface area contributed by atoms with Gasteiger partial charge in [-0.15, -0.1) is 0 Å². The van der Waals surface area contributed by atoms with Crippen molar-refractivity contribution in [3.05, 3.63) is 29.3 Å². The minimum absolute atomic E-state index is 0.0253. The molecule has 4 aliphatic rings. The number of hydrogen-bond acceptors (Lipinski definition) is 5. The first-order chi connectivity index (χ1) is 13.3. The first-order valence-electron chi connectivity index (χ1n) is 10.6. The SMILES string of the molecule is CC(=O)N[C@H]1C[C@@]2(O)[C@H]3Cc4ccc(O)cc4[C@@]2(CCN3CC2CC2)C[C@H]1O. The van der Waals surface area contributed by atoms with Gasteiger partial charge in [0.1, 0.15) is 5.75 Å². The smallest absolute Gasteiger partial charge is 0.217 e. The molecule has 1 aliphatic heterocycles. The van der Waals surface area contributed by atoms with E-state index < -0.39 is 23.2 Å². The zero-order valence-corrected chi connectivity index (χ0v) is 16.4. The van der Waals surface area contributed by atoms with Gasteiger partial charge in [-0.2, -0.15) is 0 Å². The molecule has 6 nitrogen and oxygen atoms in total. The molecule has 152 valence electrons. The van der Waals surface area contributed by atoms with Gasteiger partial charge in [-0.05, 0) is 67.8 Å². The van der Waals surface area contributed by atoms with E-state index >= 15 is 0 Å². The van der Waals surface area contributed by atoms with E-state index in [4.69, 9.17) is 0 Å². The van der Waals surface area contributed by atoms with Crippen molar-refractivity contribution < 1.29 is 20.1 Å². The number of carbonyl (C=O) groups excluding carboxylic acids is 1. The number of benzene rings is 1. The number of carbonyl (C=O) groups is 1. The molecule has 0 unspecified atom stereocenters. The van der Waals surface area contributed by atoms with Crippen molar-refractivity contribution in [2.24, 2.45) is 5.92 Å². The zero-order valence-electron chi connectivity index (χ0n) is 16.4. The largest absolute Gasteiger partial charge is 0.508 e. The van der Waals surface area contributed by atoms with Crippen LogP contribution in [0.1, 0.15) is 50.2 Å². The highest BCUT2D eigenvalue weighted by molar-refractivity contribution is 5.73. The van der Waals surface area contributed by atoms with Gasteiger partial charge in [-0.3, -0.25) is 9.69 Å². The van der Waals surface area contributed by atoms with Gasteiger partial charge in [0.15, 0.2) is 0 Å². The highest BCUT2D eigenvalue weighted by Gasteiger charge is 2.66. The van der Waals surface area contributed by atoms with Gasteiger partial charge in [0.2, 0.25) is 5.91 Å². The number of piperidine rings is 1. The second kappa shape index (κ2) is 6.18. The average molecular weight is 386 g/mol. The van der Waals surface area contributed by atoms with E-state index in [2.05, 4.69) is 10.2 Å². The number of aromatic hydroxyl groups is 1. The normalized spacial score (nSPS) is 39.8. The molecule has 4 N–H and O–H groups in total. The number of nitrogens with one attached hydrogen (secondary N) is 1. The number of nitrogens with zero attached hydrogens (tertiary/aromatic N) is 1. The molecule has 28 heavy (non-hydrogen) atoms. The van der Waals surface area contributed by atoms with Gasteiger partial charge in [-0.25, -0.2) is 0 Å². The van der Waals surface area contributed by atoms with Crippen molar-refractivity contribution in [1.82, 2.24) is 10.2 Å². The Hall–Kier alpha value is -1.63. The molecule has 1 heterocycles. The van der Waals surface area contributed by atoms with E-state index in [1.807, 2.05) is 6.07 Å². The van der Waals surface area contributed by atoms with Gasteiger partial charge in [0.25, 0.3) is 0 Å². The van der Waals surface area contributed by atoms with Gasteiger partial charge in [0, 0.05) is 31.3 Å². The number of hydrogen-bond donors (Lipinski definition) is 4. The van der Waals surface area contributed by atoms with Crippen LogP contribution in [-0.2, 0) is 16.6 Å². The number of fused-ring (bicyclic) bond motifs is 1. The van der Waals surface area contributed by atoms with Crippen molar-refractivity contribution in [2.45, 2.75) is 74.7 Å². The van der Waals surface area contributed by atoms with Crippen molar-refractivity contribution >= 4 is 5.91 Å². The fourth-order valence-electron chi connectivity index (χ4n) is 6.34. The summed E-state index contributed by atoms with van der Waals surface area (Å²) in [5, 5.41) is 36.1. The van der Waals surface area contributed by atoms with Crippen molar-refractivity contribution in [2.75, 3.05) is 13.1 Å². The molecule has 1 aromatic carbocycles. The maximum Gasteiger partial charge on any atom is 0.217 e. The summed E-state index contributed by atoms with van der Waals surface area (Å²) < 4.78 is 0. The Bertz CT molecular complexity index is 810. The van der Waals surface area contributed by atoms with Crippen LogP contribution in [0.5, 0.6) is 5.75 Å². The maximum atomic E-state index is 12.2. The molecule has 1 aromatic rings. The molecule has 0 spiro atoms. The van der Waals surface area contributed by atoms with E-state index in [-0.39, 0.29) is 17.7 Å². The van der Waals surface area contributed by atoms with E-state index in [0.717, 1.165) is 43.0 Å². The lowest BCUT2D eigenvalue weighted by Gasteiger charge is -2.65. The summed E-state index contributed by atoms with van der Waals surface area (Å²) in [6.45, 7) is 3.37. The number of phenols is 1. The van der Waals surface area contributed by atoms with Crippen molar-refractivity contribution in [1.29, 1.82) is 0 Å². The van der Waals surface area contributed by atoms with Crippen LogP contribution in [0, 0.1) is 5.92 Å². The Morgan fingerprint density at radius 1 is 1.32 bits per heavy atom. The number of likely N-dealkylation sites (tertiary alicyclic amines) is 1. The van der Waals surface area contributed by atoms with Crippen LogP contribution in [0.25, 0.3) is 0 Å². The molecular formula is C22H30N2O4. The van der Waals surface area contributed by atoms with Crippen LogP contribution >= 0.6 is 0 Å². The molecule has 3 aliphatic carbocycles. The molecule has 3 fully saturated rings. The lowest BCUT2D eigenvalue weighted by atomic mass is 9.48. The predicted octanol–water partition coefficient (Wildman–Crippen LogP) is 1.06. The van der Waals surface area contributed by atoms with Gasteiger partial charge < -0.3 is 20.6 Å². The molecule has 1 amide bonds. The maximum absolute atomic E-state index is 12.2. The third-order valence-corrected chi connectivity index (χ3v) is 7.80. The highest BCUT2D eigenvalue weighted by atomic mass is 16.3. The predicted molar refractivity (Wildman–Crippen MR) is 104 cm³/mol. The number of aliphatic hydroxyl groups excluding tert-OH is 1. The summed E-state index contributed by atoms with van der Waals surface area (Å²) in [6, 6.07) is 5.02. The summed E-state index contributed by atoms with van der Waals surface area (Å²) in [5.74, 6) is 0.753. The van der Waals surface area contributed by atoms with E-state index in [0.29, 0.717) is 12.8 Å². The fraction of sp³-hybridized carbons (Fsp3) is 0.682. The van der Waals surface area contributed by atoms with Crippen LogP contribution in [0.15, 0.2) is 18.2 Å². The average Bonchev–Trinajstić information content (AvgIpc) is 3.43. The van der Waals surface area contributed by atoms with Gasteiger partial charge >= 0.3 is 0 Å². The Morgan fingerprint density at radius 3 is 2.82 bits per heavy atom. The summed E-state index contributed by atoms with van der Waals surface area (Å²) in [5.41, 5.74) is 0.530. The number of phenolic OH excluding ortho intramolecular Hbond substituents is 1. The second-order valence-corrected chi connectivity index (χ2v) is 9.54. The monoisotopic (exact) mass is 386 g/mol. The minimum atomic E-state index is -1.03. The van der Waals surface area contributed by atoms with E-state index in [1.54, 1.807) is 12.1 Å². The molecule has 2 bridgehead atoms. The minimum Gasteiger partial charge on any atom is -0.508 e. The Balaban J connectivity index is 1.60. The van der Waals surface area contributed by atoms with Crippen LogP contribution in [-0.4, -0.2) is 63.0 Å². The Morgan fingerprint density at radius 2 is 2.11 bits per heavy atom. The number of rotatable bonds is 3. The summed E-state index contributed by atoms with van der Waals surface area (Å²) >= 11 is 0. The third-order valence-electron chi connectivity index (χ3n) is 7.80. The van der Waals surface area contributed by atoms with E-state index in [1.165, 1.54) is 19.8 Å². The molecule has 0 aromatic heterocycles. The number of amides is 1. The van der Waals surface area contributed by atoms with Gasteiger partial charge in [-0.1, -0.05) is 6.07 Å². The van der Waals surface area contributed by atoms with Crippen molar-refractivity contribution in [3.63, 3.8) is 0 Å². The molecule has 6 heteroatoms. The van der Waals surface area contributed by atoms with E-state index in [9.17, 15) is 20.1 Å². The molecular weight excluding hydrogens is 356 g/mol.